The summed E-state index contributed by atoms with van der Waals surface area (Å²) in [7, 11) is 3.39. The maximum absolute atomic E-state index is 12.0. The van der Waals surface area contributed by atoms with Gasteiger partial charge in [0.1, 0.15) is 5.75 Å². The quantitative estimate of drug-likeness (QED) is 0.914. The van der Waals surface area contributed by atoms with Crippen LogP contribution in [-0.4, -0.2) is 50.3 Å². The molecule has 3 atom stereocenters. The SMILES string of the molecule is CNC(=O)[C@H]1C[C@H]2OCC[C@H]2N(Cc2cccc(OC)c2)C1. The molecule has 2 aliphatic heterocycles. The molecule has 1 amide bonds. The van der Waals surface area contributed by atoms with Crippen LogP contribution in [0.25, 0.3) is 0 Å². The number of amides is 1. The fourth-order valence-corrected chi connectivity index (χ4v) is 3.63. The van der Waals surface area contributed by atoms with Gasteiger partial charge in [0, 0.05) is 32.8 Å². The third-order valence-corrected chi connectivity index (χ3v) is 4.75. The Morgan fingerprint density at radius 2 is 2.36 bits per heavy atom. The van der Waals surface area contributed by atoms with Crippen LogP contribution in [0.5, 0.6) is 5.75 Å². The molecule has 120 valence electrons. The third-order valence-electron chi connectivity index (χ3n) is 4.75. The highest BCUT2D eigenvalue weighted by Crippen LogP contribution is 2.32. The fourth-order valence-electron chi connectivity index (χ4n) is 3.63. The molecule has 0 bridgehead atoms. The van der Waals surface area contributed by atoms with Crippen LogP contribution in [0.15, 0.2) is 24.3 Å². The number of hydrogen-bond donors (Lipinski definition) is 1. The monoisotopic (exact) mass is 304 g/mol. The summed E-state index contributed by atoms with van der Waals surface area (Å²) in [6.45, 7) is 2.42. The molecule has 2 heterocycles. The fraction of sp³-hybridized carbons (Fsp3) is 0.588. The van der Waals surface area contributed by atoms with Crippen LogP contribution in [0.3, 0.4) is 0 Å². The zero-order chi connectivity index (χ0) is 15.5. The van der Waals surface area contributed by atoms with Gasteiger partial charge in [0.05, 0.1) is 19.1 Å². The van der Waals surface area contributed by atoms with Crippen molar-refractivity contribution in [1.82, 2.24) is 10.2 Å². The Labute approximate surface area is 131 Å². The van der Waals surface area contributed by atoms with Gasteiger partial charge in [0.15, 0.2) is 0 Å². The van der Waals surface area contributed by atoms with Gasteiger partial charge >= 0.3 is 0 Å². The minimum Gasteiger partial charge on any atom is -0.497 e. The Balaban J connectivity index is 1.75. The first-order valence-corrected chi connectivity index (χ1v) is 7.91. The van der Waals surface area contributed by atoms with Crippen LogP contribution in [0, 0.1) is 5.92 Å². The number of piperidine rings is 1. The van der Waals surface area contributed by atoms with Crippen LogP contribution in [0.1, 0.15) is 18.4 Å². The topological polar surface area (TPSA) is 50.8 Å². The van der Waals surface area contributed by atoms with Crippen molar-refractivity contribution in [1.29, 1.82) is 0 Å². The molecule has 0 radical (unpaired) electrons. The van der Waals surface area contributed by atoms with Crippen LogP contribution in [0.2, 0.25) is 0 Å². The van der Waals surface area contributed by atoms with Gasteiger partial charge in [-0.1, -0.05) is 12.1 Å². The lowest BCUT2D eigenvalue weighted by Crippen LogP contribution is -2.52. The molecule has 0 spiro atoms. The summed E-state index contributed by atoms with van der Waals surface area (Å²) in [5, 5.41) is 2.78. The minimum absolute atomic E-state index is 0.00922. The third kappa shape index (κ3) is 3.10. The number of nitrogens with zero attached hydrogens (tertiary/aromatic N) is 1. The molecule has 5 heteroatoms. The van der Waals surface area contributed by atoms with Gasteiger partial charge in [0.2, 0.25) is 5.91 Å². The lowest BCUT2D eigenvalue weighted by atomic mass is 9.89. The number of methoxy groups -OCH3 is 1. The second kappa shape index (κ2) is 6.67. The van der Waals surface area contributed by atoms with Gasteiger partial charge in [0.25, 0.3) is 0 Å². The summed E-state index contributed by atoms with van der Waals surface area (Å²) < 4.78 is 11.1. The van der Waals surface area contributed by atoms with Crippen molar-refractivity contribution in [3.05, 3.63) is 29.8 Å². The molecule has 0 saturated carbocycles. The van der Waals surface area contributed by atoms with E-state index in [1.165, 1.54) is 5.56 Å². The molecule has 2 saturated heterocycles. The van der Waals surface area contributed by atoms with Gasteiger partial charge in [-0.3, -0.25) is 9.69 Å². The van der Waals surface area contributed by atoms with Crippen molar-refractivity contribution >= 4 is 5.91 Å². The van der Waals surface area contributed by atoms with E-state index >= 15 is 0 Å². The zero-order valence-corrected chi connectivity index (χ0v) is 13.2. The average Bonchev–Trinajstić information content (AvgIpc) is 3.03. The number of ether oxygens (including phenoxy) is 2. The molecule has 0 aromatic heterocycles. The van der Waals surface area contributed by atoms with Crippen molar-refractivity contribution in [3.8, 4) is 5.75 Å². The first-order valence-electron chi connectivity index (χ1n) is 7.91. The first-order chi connectivity index (χ1) is 10.7. The maximum Gasteiger partial charge on any atom is 0.224 e. The Kier molecular flexibility index (Phi) is 4.64. The van der Waals surface area contributed by atoms with Crippen molar-refractivity contribution in [2.24, 2.45) is 5.92 Å². The molecule has 5 nitrogen and oxygen atoms in total. The highest BCUT2D eigenvalue weighted by Gasteiger charge is 2.41. The number of fused-ring (bicyclic) bond motifs is 1. The number of carbonyl (C=O) groups is 1. The van der Waals surface area contributed by atoms with Gasteiger partial charge in [-0.25, -0.2) is 0 Å². The number of likely N-dealkylation sites (tertiary alicyclic amines) is 1. The Morgan fingerprint density at radius 3 is 3.14 bits per heavy atom. The van der Waals surface area contributed by atoms with Gasteiger partial charge < -0.3 is 14.8 Å². The van der Waals surface area contributed by atoms with E-state index in [1.54, 1.807) is 14.2 Å². The standard InChI is InChI=1S/C17H24N2O3/c1-18-17(20)13-9-16-15(6-7-22-16)19(11-13)10-12-4-3-5-14(8-12)21-2/h3-5,8,13,15-16H,6-7,9-11H2,1-2H3,(H,18,20)/t13-,15+,16+/m0/s1. The molecule has 1 N–H and O–H groups in total. The van der Waals surface area contributed by atoms with E-state index in [0.717, 1.165) is 38.3 Å². The van der Waals surface area contributed by atoms with E-state index in [9.17, 15) is 4.79 Å². The Morgan fingerprint density at radius 1 is 1.50 bits per heavy atom. The van der Waals surface area contributed by atoms with E-state index in [2.05, 4.69) is 22.3 Å². The van der Waals surface area contributed by atoms with Gasteiger partial charge in [-0.2, -0.15) is 0 Å². The highest BCUT2D eigenvalue weighted by molar-refractivity contribution is 5.78. The summed E-state index contributed by atoms with van der Waals surface area (Å²) in [4.78, 5) is 14.4. The van der Waals surface area contributed by atoms with Gasteiger partial charge in [-0.15, -0.1) is 0 Å². The number of benzene rings is 1. The molecule has 1 aromatic rings. The molecule has 22 heavy (non-hydrogen) atoms. The van der Waals surface area contributed by atoms with Crippen LogP contribution in [-0.2, 0) is 16.1 Å². The zero-order valence-electron chi connectivity index (χ0n) is 13.2. The van der Waals surface area contributed by atoms with Crippen LogP contribution >= 0.6 is 0 Å². The van der Waals surface area contributed by atoms with Crippen molar-refractivity contribution in [2.45, 2.75) is 31.5 Å². The number of rotatable bonds is 4. The second-order valence-electron chi connectivity index (χ2n) is 6.09. The summed E-state index contributed by atoms with van der Waals surface area (Å²) in [6, 6.07) is 8.56. The predicted molar refractivity (Wildman–Crippen MR) is 83.7 cm³/mol. The number of carbonyl (C=O) groups excluding carboxylic acids is 1. The molecule has 2 aliphatic rings. The summed E-state index contributed by atoms with van der Waals surface area (Å²) in [5.41, 5.74) is 1.21. The van der Waals surface area contributed by atoms with Gasteiger partial charge in [-0.05, 0) is 30.5 Å². The average molecular weight is 304 g/mol. The number of hydrogen-bond acceptors (Lipinski definition) is 4. The Bertz CT molecular complexity index is 534. The van der Waals surface area contributed by atoms with Crippen molar-refractivity contribution in [3.63, 3.8) is 0 Å². The van der Waals surface area contributed by atoms with E-state index < -0.39 is 0 Å². The summed E-state index contributed by atoms with van der Waals surface area (Å²) in [5.74, 6) is 0.996. The van der Waals surface area contributed by atoms with Crippen LogP contribution < -0.4 is 10.1 Å². The maximum atomic E-state index is 12.0. The smallest absolute Gasteiger partial charge is 0.224 e. The molecular formula is C17H24N2O3. The highest BCUT2D eigenvalue weighted by atomic mass is 16.5. The van der Waals surface area contributed by atoms with Crippen LogP contribution in [0.4, 0.5) is 0 Å². The van der Waals surface area contributed by atoms with E-state index in [0.29, 0.717) is 6.04 Å². The normalized spacial score (nSPS) is 28.2. The second-order valence-corrected chi connectivity index (χ2v) is 6.09. The van der Waals surface area contributed by atoms with Crippen molar-refractivity contribution in [2.75, 3.05) is 27.3 Å². The van der Waals surface area contributed by atoms with E-state index in [4.69, 9.17) is 9.47 Å². The lowest BCUT2D eigenvalue weighted by molar-refractivity contribution is -0.129. The molecule has 1 aromatic carbocycles. The predicted octanol–water partition coefficient (Wildman–Crippen LogP) is 1.42. The van der Waals surface area contributed by atoms with Crippen molar-refractivity contribution < 1.29 is 14.3 Å². The molecule has 3 rings (SSSR count). The number of nitrogens with one attached hydrogen (secondary N) is 1. The molecule has 0 aliphatic carbocycles. The summed E-state index contributed by atoms with van der Waals surface area (Å²) >= 11 is 0. The summed E-state index contributed by atoms with van der Waals surface area (Å²) in [6.07, 6.45) is 2.07. The first kappa shape index (κ1) is 15.3. The van der Waals surface area contributed by atoms with E-state index in [1.807, 2.05) is 12.1 Å². The van der Waals surface area contributed by atoms with E-state index in [-0.39, 0.29) is 17.9 Å². The lowest BCUT2D eigenvalue weighted by Gasteiger charge is -2.40. The largest absolute Gasteiger partial charge is 0.497 e. The molecule has 0 unspecified atom stereocenters. The molecular weight excluding hydrogens is 280 g/mol. The molecule has 2 fully saturated rings. The Hall–Kier alpha value is -1.59. The minimum atomic E-state index is 0.00922.